The molecule has 4 rings (SSSR count). The Morgan fingerprint density at radius 2 is 1.79 bits per heavy atom. The number of amides is 1. The number of carbonyl (C=O) groups excluding carboxylic acids is 1. The summed E-state index contributed by atoms with van der Waals surface area (Å²) in [5, 5.41) is 3.07. The summed E-state index contributed by atoms with van der Waals surface area (Å²) in [5.41, 5.74) is 6.22. The minimum Gasteiger partial charge on any atom is -0.491 e. The third kappa shape index (κ3) is 8.15. The molecule has 0 spiro atoms. The summed E-state index contributed by atoms with van der Waals surface area (Å²) in [6, 6.07) is 22.4. The summed E-state index contributed by atoms with van der Waals surface area (Å²) in [5.74, 6) is 1.27. The smallest absolute Gasteiger partial charge is 0.251 e. The third-order valence-corrected chi connectivity index (χ3v) is 6.63. The van der Waals surface area contributed by atoms with Gasteiger partial charge in [0.2, 0.25) is 0 Å². The highest BCUT2D eigenvalue weighted by atomic mass is 16.5. The summed E-state index contributed by atoms with van der Waals surface area (Å²) in [7, 11) is 1.68. The number of hydrogen-bond donors (Lipinski definition) is 1. The molecular formula is C32H40N2O4. The monoisotopic (exact) mass is 516 g/mol. The van der Waals surface area contributed by atoms with Crippen molar-refractivity contribution < 1.29 is 19.0 Å². The van der Waals surface area contributed by atoms with E-state index in [1.54, 1.807) is 7.11 Å². The van der Waals surface area contributed by atoms with Crippen molar-refractivity contribution in [3.8, 4) is 5.75 Å². The maximum atomic E-state index is 13.1. The number of hydrogen-bond acceptors (Lipinski definition) is 5. The van der Waals surface area contributed by atoms with Crippen molar-refractivity contribution in [1.29, 1.82) is 0 Å². The molecular weight excluding hydrogens is 476 g/mol. The van der Waals surface area contributed by atoms with Gasteiger partial charge < -0.3 is 19.5 Å². The van der Waals surface area contributed by atoms with Crippen LogP contribution in [0.5, 0.6) is 5.75 Å². The largest absolute Gasteiger partial charge is 0.491 e. The number of methoxy groups -OCH3 is 1. The Morgan fingerprint density at radius 1 is 0.974 bits per heavy atom. The third-order valence-electron chi connectivity index (χ3n) is 6.63. The number of nitrogens with one attached hydrogen (secondary N) is 1. The molecule has 0 fully saturated rings. The summed E-state index contributed by atoms with van der Waals surface area (Å²) in [6.45, 7) is 9.95. The SMILES string of the molecule is COCc1ccccc1CNC(=O)c1ccc2c(c1)Cc1cccc(c1)CN(CC(C)C)CCOCCO2. The molecule has 202 valence electrons. The lowest BCUT2D eigenvalue weighted by atomic mass is 9.99. The van der Waals surface area contributed by atoms with Crippen LogP contribution in [0.1, 0.15) is 52.0 Å². The Labute approximate surface area is 226 Å². The van der Waals surface area contributed by atoms with Gasteiger partial charge in [-0.15, -0.1) is 0 Å². The first-order valence-electron chi connectivity index (χ1n) is 13.5. The van der Waals surface area contributed by atoms with Crippen molar-refractivity contribution in [1.82, 2.24) is 10.2 Å². The van der Waals surface area contributed by atoms with Crippen molar-refractivity contribution >= 4 is 5.91 Å². The van der Waals surface area contributed by atoms with Gasteiger partial charge in [0, 0.05) is 45.3 Å². The first-order chi connectivity index (χ1) is 18.5. The van der Waals surface area contributed by atoms with Crippen LogP contribution in [-0.4, -0.2) is 50.8 Å². The molecule has 3 aromatic rings. The zero-order valence-corrected chi connectivity index (χ0v) is 22.9. The van der Waals surface area contributed by atoms with Crippen LogP contribution in [-0.2, 0) is 35.6 Å². The molecule has 1 heterocycles. The molecule has 6 heteroatoms. The quantitative estimate of drug-likeness (QED) is 0.467. The van der Waals surface area contributed by atoms with E-state index in [1.165, 1.54) is 11.1 Å². The molecule has 1 N–H and O–H groups in total. The van der Waals surface area contributed by atoms with E-state index >= 15 is 0 Å². The van der Waals surface area contributed by atoms with Crippen LogP contribution in [0, 0.1) is 5.92 Å². The molecule has 0 aliphatic carbocycles. The molecule has 2 bridgehead atoms. The van der Waals surface area contributed by atoms with E-state index in [9.17, 15) is 4.79 Å². The van der Waals surface area contributed by atoms with Gasteiger partial charge in [-0.05, 0) is 51.9 Å². The molecule has 0 saturated carbocycles. The molecule has 38 heavy (non-hydrogen) atoms. The zero-order valence-electron chi connectivity index (χ0n) is 22.9. The van der Waals surface area contributed by atoms with Gasteiger partial charge >= 0.3 is 0 Å². The fourth-order valence-corrected chi connectivity index (χ4v) is 4.88. The van der Waals surface area contributed by atoms with Crippen LogP contribution in [0.2, 0.25) is 0 Å². The summed E-state index contributed by atoms with van der Waals surface area (Å²) < 4.78 is 17.3. The van der Waals surface area contributed by atoms with E-state index in [-0.39, 0.29) is 5.91 Å². The Morgan fingerprint density at radius 3 is 2.61 bits per heavy atom. The maximum absolute atomic E-state index is 13.1. The number of carbonyl (C=O) groups is 1. The summed E-state index contributed by atoms with van der Waals surface area (Å²) in [6.07, 6.45) is 0.687. The average molecular weight is 517 g/mol. The second-order valence-electron chi connectivity index (χ2n) is 10.3. The second-order valence-corrected chi connectivity index (χ2v) is 10.3. The normalized spacial score (nSPS) is 14.8. The van der Waals surface area contributed by atoms with E-state index < -0.39 is 0 Å². The van der Waals surface area contributed by atoms with Crippen molar-refractivity contribution in [2.45, 2.75) is 40.0 Å². The van der Waals surface area contributed by atoms with Crippen molar-refractivity contribution in [2.24, 2.45) is 5.92 Å². The number of rotatable bonds is 7. The molecule has 0 unspecified atom stereocenters. The summed E-state index contributed by atoms with van der Waals surface area (Å²) in [4.78, 5) is 15.6. The molecule has 1 aliphatic heterocycles. The van der Waals surface area contributed by atoms with Gasteiger partial charge in [0.05, 0.1) is 19.8 Å². The number of ether oxygens (including phenoxy) is 3. The first-order valence-corrected chi connectivity index (χ1v) is 13.5. The Hall–Kier alpha value is -3.19. The van der Waals surface area contributed by atoms with Crippen molar-refractivity contribution in [2.75, 3.05) is 40.0 Å². The first kappa shape index (κ1) is 27.8. The lowest BCUT2D eigenvalue weighted by Crippen LogP contribution is -2.31. The number of benzene rings is 3. The Balaban J connectivity index is 1.53. The Kier molecular flexibility index (Phi) is 10.3. The molecule has 0 atom stereocenters. The van der Waals surface area contributed by atoms with Gasteiger partial charge in [0.25, 0.3) is 5.91 Å². The van der Waals surface area contributed by atoms with E-state index in [0.29, 0.717) is 50.9 Å². The molecule has 1 aliphatic rings. The topological polar surface area (TPSA) is 60.0 Å². The minimum absolute atomic E-state index is 0.110. The van der Waals surface area contributed by atoms with E-state index in [4.69, 9.17) is 14.2 Å². The molecule has 6 nitrogen and oxygen atoms in total. The average Bonchev–Trinajstić information content (AvgIpc) is 2.90. The van der Waals surface area contributed by atoms with Crippen LogP contribution >= 0.6 is 0 Å². The highest BCUT2D eigenvalue weighted by Crippen LogP contribution is 2.25. The van der Waals surface area contributed by atoms with Gasteiger partial charge in [-0.3, -0.25) is 9.69 Å². The summed E-state index contributed by atoms with van der Waals surface area (Å²) >= 11 is 0. The van der Waals surface area contributed by atoms with E-state index in [1.807, 2.05) is 42.5 Å². The van der Waals surface area contributed by atoms with E-state index in [2.05, 4.69) is 48.3 Å². The predicted molar refractivity (Wildman–Crippen MR) is 150 cm³/mol. The number of fused-ring (bicyclic) bond motifs is 3. The second kappa shape index (κ2) is 14.1. The van der Waals surface area contributed by atoms with Crippen LogP contribution in [0.4, 0.5) is 0 Å². The van der Waals surface area contributed by atoms with Crippen molar-refractivity contribution in [3.63, 3.8) is 0 Å². The standard InChI is InChI=1S/C32H40N2O4/c1-24(2)21-34-13-14-37-15-16-38-31-12-11-27(19-30(31)18-25-7-6-8-26(17-25)22-34)32(35)33-20-28-9-4-5-10-29(28)23-36-3/h4-12,17,19,24H,13-16,18,20-23H2,1-3H3,(H,33,35). The predicted octanol–water partition coefficient (Wildman–Crippen LogP) is 5.22. The molecule has 3 aromatic carbocycles. The lowest BCUT2D eigenvalue weighted by molar-refractivity contribution is 0.0746. The molecule has 0 aromatic heterocycles. The van der Waals surface area contributed by atoms with Gasteiger partial charge in [-0.2, -0.15) is 0 Å². The highest BCUT2D eigenvalue weighted by Gasteiger charge is 2.14. The van der Waals surface area contributed by atoms with E-state index in [0.717, 1.165) is 42.1 Å². The van der Waals surface area contributed by atoms with Gasteiger partial charge in [0.15, 0.2) is 0 Å². The van der Waals surface area contributed by atoms with Crippen LogP contribution in [0.25, 0.3) is 0 Å². The van der Waals surface area contributed by atoms with Gasteiger partial charge in [0.1, 0.15) is 12.4 Å². The number of nitrogens with zero attached hydrogens (tertiary/aromatic N) is 1. The van der Waals surface area contributed by atoms with Gasteiger partial charge in [-0.25, -0.2) is 0 Å². The molecule has 0 saturated heterocycles. The lowest BCUT2D eigenvalue weighted by Gasteiger charge is -2.25. The fourth-order valence-electron chi connectivity index (χ4n) is 4.88. The minimum atomic E-state index is -0.110. The molecule has 1 amide bonds. The fraction of sp³-hybridized carbons (Fsp3) is 0.406. The Bertz CT molecular complexity index is 1190. The zero-order chi connectivity index (χ0) is 26.7. The van der Waals surface area contributed by atoms with Crippen LogP contribution in [0.3, 0.4) is 0 Å². The van der Waals surface area contributed by atoms with Crippen LogP contribution < -0.4 is 10.1 Å². The highest BCUT2D eigenvalue weighted by molar-refractivity contribution is 5.94. The van der Waals surface area contributed by atoms with Crippen molar-refractivity contribution in [3.05, 3.63) is 100 Å². The maximum Gasteiger partial charge on any atom is 0.251 e. The van der Waals surface area contributed by atoms with Gasteiger partial charge in [-0.1, -0.05) is 62.4 Å². The van der Waals surface area contributed by atoms with Crippen LogP contribution in [0.15, 0.2) is 66.7 Å². The molecule has 0 radical (unpaired) electrons.